The van der Waals surface area contributed by atoms with Crippen LogP contribution in [0.4, 0.5) is 19.6 Å². The number of rotatable bonds is 5. The standard InChI is InChI=1S/C30H30F2N8OS/c31-21-6-5-18(22-19(11-33)27(34)42-26(21)22)24-23(32)25-20(12-35-24)28(39-13-16-3-4-17(14-39)36-16)38-29(37-25)41-15-30-7-1-9-40(30)10-2-8-30/h5-6,12,16-17,36H,1-4,7-10,13-15,34H2. The number of fused-ring (bicyclic) bond motifs is 5. The number of nitriles is 1. The lowest BCUT2D eigenvalue weighted by atomic mass is 9.95. The fourth-order valence-electron chi connectivity index (χ4n) is 7.64. The predicted octanol–water partition coefficient (Wildman–Crippen LogP) is 4.59. The Morgan fingerprint density at radius 2 is 1.90 bits per heavy atom. The van der Waals surface area contributed by atoms with E-state index in [1.807, 2.05) is 0 Å². The van der Waals surface area contributed by atoms with Crippen molar-refractivity contribution in [3.8, 4) is 23.3 Å². The number of piperazine rings is 1. The first kappa shape index (κ1) is 26.0. The number of anilines is 2. The topological polar surface area (TPSA) is 116 Å². The van der Waals surface area contributed by atoms with E-state index in [9.17, 15) is 9.65 Å². The van der Waals surface area contributed by atoms with Gasteiger partial charge in [0.05, 0.1) is 21.2 Å². The number of pyridine rings is 1. The molecule has 2 bridgehead atoms. The predicted molar refractivity (Wildman–Crippen MR) is 158 cm³/mol. The zero-order chi connectivity index (χ0) is 28.6. The second-order valence-corrected chi connectivity index (χ2v) is 13.1. The second-order valence-electron chi connectivity index (χ2n) is 12.0. The van der Waals surface area contributed by atoms with Crippen LogP contribution in [0.25, 0.3) is 32.2 Å². The molecule has 2 unspecified atom stereocenters. The summed E-state index contributed by atoms with van der Waals surface area (Å²) >= 11 is 0.972. The van der Waals surface area contributed by atoms with E-state index in [4.69, 9.17) is 15.5 Å². The summed E-state index contributed by atoms with van der Waals surface area (Å²) in [6.45, 7) is 4.11. The molecule has 3 N–H and O–H groups in total. The molecule has 0 amide bonds. The quantitative estimate of drug-likeness (QED) is 0.345. The molecular weight excluding hydrogens is 558 g/mol. The maximum absolute atomic E-state index is 16.6. The Balaban J connectivity index is 1.27. The lowest BCUT2D eigenvalue weighted by molar-refractivity contribution is 0.108. The van der Waals surface area contributed by atoms with E-state index < -0.39 is 11.6 Å². The van der Waals surface area contributed by atoms with Crippen molar-refractivity contribution in [3.05, 3.63) is 35.5 Å². The third-order valence-electron chi connectivity index (χ3n) is 9.63. The number of thiophene rings is 1. The van der Waals surface area contributed by atoms with E-state index in [1.54, 1.807) is 6.20 Å². The van der Waals surface area contributed by atoms with Crippen LogP contribution in [0.3, 0.4) is 0 Å². The fraction of sp³-hybridized carbons (Fsp3) is 0.467. The molecule has 9 nitrogen and oxygen atoms in total. The van der Waals surface area contributed by atoms with Gasteiger partial charge in [-0.1, -0.05) is 0 Å². The van der Waals surface area contributed by atoms with Crippen molar-refractivity contribution in [2.75, 3.05) is 43.4 Å². The van der Waals surface area contributed by atoms with E-state index in [0.717, 1.165) is 76.0 Å². The minimum Gasteiger partial charge on any atom is -0.461 e. The smallest absolute Gasteiger partial charge is 0.319 e. The molecule has 7 heterocycles. The van der Waals surface area contributed by atoms with Gasteiger partial charge in [0.2, 0.25) is 0 Å². The van der Waals surface area contributed by atoms with E-state index in [2.05, 4.69) is 31.2 Å². The summed E-state index contributed by atoms with van der Waals surface area (Å²) in [6.07, 6.45) is 8.20. The van der Waals surface area contributed by atoms with Crippen LogP contribution in [0.15, 0.2) is 18.3 Å². The number of nitrogens with two attached hydrogens (primary N) is 1. The highest BCUT2D eigenvalue weighted by atomic mass is 32.1. The van der Waals surface area contributed by atoms with Gasteiger partial charge in [-0.05, 0) is 63.7 Å². The summed E-state index contributed by atoms with van der Waals surface area (Å²) in [5.41, 5.74) is 6.52. The van der Waals surface area contributed by atoms with Crippen LogP contribution in [0.2, 0.25) is 0 Å². The van der Waals surface area contributed by atoms with Crippen molar-refractivity contribution in [2.45, 2.75) is 56.1 Å². The molecule has 4 aliphatic rings. The lowest BCUT2D eigenvalue weighted by Crippen LogP contribution is -2.51. The van der Waals surface area contributed by atoms with Crippen LogP contribution in [0.1, 0.15) is 44.1 Å². The van der Waals surface area contributed by atoms with E-state index in [0.29, 0.717) is 35.5 Å². The Kier molecular flexibility index (Phi) is 6.00. The third kappa shape index (κ3) is 3.94. The molecule has 2 atom stereocenters. The van der Waals surface area contributed by atoms with Gasteiger partial charge in [-0.2, -0.15) is 15.2 Å². The number of nitrogens with one attached hydrogen (secondary N) is 1. The highest BCUT2D eigenvalue weighted by Gasteiger charge is 2.45. The number of nitrogen functional groups attached to an aromatic ring is 1. The Bertz CT molecular complexity index is 1770. The summed E-state index contributed by atoms with van der Waals surface area (Å²) in [7, 11) is 0. The average Bonchev–Trinajstić information content (AvgIpc) is 3.74. The zero-order valence-electron chi connectivity index (χ0n) is 23.0. The molecule has 1 aromatic carbocycles. The van der Waals surface area contributed by atoms with Crippen molar-refractivity contribution < 1.29 is 13.5 Å². The maximum Gasteiger partial charge on any atom is 0.319 e. The molecule has 4 aliphatic heterocycles. The van der Waals surface area contributed by atoms with Gasteiger partial charge < -0.3 is 20.7 Å². The first-order valence-electron chi connectivity index (χ1n) is 14.6. The summed E-state index contributed by atoms with van der Waals surface area (Å²) in [6, 6.07) is 5.60. The first-order chi connectivity index (χ1) is 20.4. The van der Waals surface area contributed by atoms with Crippen molar-refractivity contribution in [2.24, 2.45) is 0 Å². The molecule has 4 fully saturated rings. The highest BCUT2D eigenvalue weighted by molar-refractivity contribution is 7.23. The van der Waals surface area contributed by atoms with Gasteiger partial charge in [0.15, 0.2) is 5.82 Å². The van der Waals surface area contributed by atoms with Crippen molar-refractivity contribution in [1.29, 1.82) is 5.26 Å². The van der Waals surface area contributed by atoms with Crippen LogP contribution in [0.5, 0.6) is 6.01 Å². The number of nitrogens with zero attached hydrogens (tertiary/aromatic N) is 6. The van der Waals surface area contributed by atoms with E-state index in [1.165, 1.54) is 12.1 Å². The molecule has 8 rings (SSSR count). The molecule has 4 aromatic rings. The van der Waals surface area contributed by atoms with Crippen LogP contribution in [0, 0.1) is 23.0 Å². The minimum absolute atomic E-state index is 0.0130. The molecule has 0 saturated carbocycles. The highest BCUT2D eigenvalue weighted by Crippen LogP contribution is 2.43. The summed E-state index contributed by atoms with van der Waals surface area (Å²) in [5, 5.41) is 14.4. The normalized spacial score (nSPS) is 23.1. The Morgan fingerprint density at radius 1 is 1.14 bits per heavy atom. The van der Waals surface area contributed by atoms with Gasteiger partial charge in [0.1, 0.15) is 40.5 Å². The Morgan fingerprint density at radius 3 is 2.64 bits per heavy atom. The van der Waals surface area contributed by atoms with Crippen LogP contribution in [-0.4, -0.2) is 70.3 Å². The van der Waals surface area contributed by atoms with Gasteiger partial charge in [-0.3, -0.25) is 9.88 Å². The molecule has 0 radical (unpaired) electrons. The average molecular weight is 589 g/mol. The molecule has 3 aromatic heterocycles. The van der Waals surface area contributed by atoms with Crippen LogP contribution < -0.4 is 20.7 Å². The number of halogens is 2. The van der Waals surface area contributed by atoms with Gasteiger partial charge in [-0.15, -0.1) is 11.3 Å². The Hall–Kier alpha value is -3.66. The minimum atomic E-state index is -0.665. The molecule has 216 valence electrons. The molecule has 42 heavy (non-hydrogen) atoms. The SMILES string of the molecule is N#Cc1c(N)sc2c(F)ccc(-c3ncc4c(N5CC6CCC(C5)N6)nc(OCC56CCCN5CCC6)nc4c3F)c12. The number of ether oxygens (including phenoxy) is 1. The number of aromatic nitrogens is 3. The molecule has 0 spiro atoms. The van der Waals surface area contributed by atoms with E-state index in [-0.39, 0.29) is 43.4 Å². The molecule has 4 saturated heterocycles. The summed E-state index contributed by atoms with van der Waals surface area (Å²) in [4.78, 5) is 18.7. The number of hydrogen-bond donors (Lipinski definition) is 2. The van der Waals surface area contributed by atoms with Gasteiger partial charge in [-0.25, -0.2) is 8.78 Å². The van der Waals surface area contributed by atoms with Crippen molar-refractivity contribution in [3.63, 3.8) is 0 Å². The Labute approximate surface area is 245 Å². The summed E-state index contributed by atoms with van der Waals surface area (Å²) in [5.74, 6) is -0.573. The zero-order valence-corrected chi connectivity index (χ0v) is 23.8. The maximum atomic E-state index is 16.6. The summed E-state index contributed by atoms with van der Waals surface area (Å²) < 4.78 is 37.9. The third-order valence-corrected chi connectivity index (χ3v) is 10.7. The van der Waals surface area contributed by atoms with Crippen LogP contribution in [-0.2, 0) is 0 Å². The number of benzene rings is 1. The largest absolute Gasteiger partial charge is 0.461 e. The van der Waals surface area contributed by atoms with E-state index >= 15 is 4.39 Å². The fourth-order valence-corrected chi connectivity index (χ4v) is 8.59. The first-order valence-corrected chi connectivity index (χ1v) is 15.4. The molecule has 0 aliphatic carbocycles. The molecule has 12 heteroatoms. The van der Waals surface area contributed by atoms with Crippen LogP contribution >= 0.6 is 11.3 Å². The lowest BCUT2D eigenvalue weighted by Gasteiger charge is -2.34. The monoisotopic (exact) mass is 588 g/mol. The molecular formula is C30H30F2N8OS. The van der Waals surface area contributed by atoms with Crippen molar-refractivity contribution >= 4 is 43.1 Å². The van der Waals surface area contributed by atoms with Gasteiger partial charge >= 0.3 is 6.01 Å². The van der Waals surface area contributed by atoms with Gasteiger partial charge in [0, 0.05) is 42.3 Å². The number of hydrogen-bond acceptors (Lipinski definition) is 10. The van der Waals surface area contributed by atoms with Gasteiger partial charge in [0.25, 0.3) is 0 Å². The van der Waals surface area contributed by atoms with Crippen molar-refractivity contribution in [1.82, 2.24) is 25.2 Å². The second kappa shape index (κ2) is 9.69.